The van der Waals surface area contributed by atoms with Gasteiger partial charge in [-0.15, -0.1) is 0 Å². The largest absolute Gasteiger partial charge is 0.496 e. The number of hydrogen-bond acceptors (Lipinski definition) is 1. The molecule has 0 spiro atoms. The lowest BCUT2D eigenvalue weighted by Gasteiger charge is -2.13. The highest BCUT2D eigenvalue weighted by molar-refractivity contribution is 5.59. The lowest BCUT2D eigenvalue weighted by molar-refractivity contribution is 0.407. The van der Waals surface area contributed by atoms with Crippen molar-refractivity contribution >= 4 is 6.08 Å². The molecule has 0 N–H and O–H groups in total. The third kappa shape index (κ3) is 1.92. The van der Waals surface area contributed by atoms with Crippen molar-refractivity contribution in [1.82, 2.24) is 0 Å². The standard InChI is InChI=1S/C12H15O/c1-5-10-7-6-8-11(9(2)3)12(10)13-4/h5-9H,1-2H2,3-4H3. The van der Waals surface area contributed by atoms with E-state index in [1.807, 2.05) is 25.1 Å². The minimum absolute atomic E-state index is 0.231. The molecule has 0 fully saturated rings. The van der Waals surface area contributed by atoms with E-state index in [9.17, 15) is 0 Å². The number of hydrogen-bond donors (Lipinski definition) is 0. The Morgan fingerprint density at radius 1 is 1.46 bits per heavy atom. The second-order valence-electron chi connectivity index (χ2n) is 3.07. The van der Waals surface area contributed by atoms with E-state index in [0.717, 1.165) is 16.9 Å². The average Bonchev–Trinajstić information content (AvgIpc) is 2.16. The fourth-order valence-corrected chi connectivity index (χ4v) is 1.36. The first-order valence-electron chi connectivity index (χ1n) is 4.33. The van der Waals surface area contributed by atoms with Crippen molar-refractivity contribution in [2.24, 2.45) is 0 Å². The van der Waals surface area contributed by atoms with Gasteiger partial charge in [0.1, 0.15) is 5.75 Å². The van der Waals surface area contributed by atoms with E-state index >= 15 is 0 Å². The van der Waals surface area contributed by atoms with Crippen LogP contribution >= 0.6 is 0 Å². The number of benzene rings is 1. The minimum atomic E-state index is 0.231. The molecule has 0 bridgehead atoms. The van der Waals surface area contributed by atoms with Crippen molar-refractivity contribution in [2.75, 3.05) is 7.11 Å². The summed E-state index contributed by atoms with van der Waals surface area (Å²) >= 11 is 0. The maximum atomic E-state index is 5.32. The zero-order chi connectivity index (χ0) is 9.84. The van der Waals surface area contributed by atoms with Crippen molar-refractivity contribution in [1.29, 1.82) is 0 Å². The minimum Gasteiger partial charge on any atom is -0.496 e. The van der Waals surface area contributed by atoms with Crippen LogP contribution in [0, 0.1) is 6.92 Å². The zero-order valence-electron chi connectivity index (χ0n) is 8.21. The van der Waals surface area contributed by atoms with Crippen molar-refractivity contribution in [3.63, 3.8) is 0 Å². The van der Waals surface area contributed by atoms with Crippen molar-refractivity contribution in [3.05, 3.63) is 42.8 Å². The van der Waals surface area contributed by atoms with Crippen LogP contribution in [0.25, 0.3) is 6.08 Å². The molecule has 0 saturated carbocycles. The molecule has 13 heavy (non-hydrogen) atoms. The summed E-state index contributed by atoms with van der Waals surface area (Å²) in [7, 11) is 1.67. The van der Waals surface area contributed by atoms with Crippen LogP contribution in [0.4, 0.5) is 0 Å². The van der Waals surface area contributed by atoms with Crippen LogP contribution in [0.2, 0.25) is 0 Å². The molecule has 1 radical (unpaired) electrons. The van der Waals surface area contributed by atoms with Gasteiger partial charge in [0.2, 0.25) is 0 Å². The Balaban J connectivity index is 3.26. The van der Waals surface area contributed by atoms with Gasteiger partial charge < -0.3 is 4.74 Å². The van der Waals surface area contributed by atoms with E-state index in [1.54, 1.807) is 13.2 Å². The molecule has 1 aromatic carbocycles. The van der Waals surface area contributed by atoms with Crippen LogP contribution in [-0.2, 0) is 0 Å². The van der Waals surface area contributed by atoms with E-state index in [2.05, 4.69) is 13.5 Å². The summed E-state index contributed by atoms with van der Waals surface area (Å²) in [5.41, 5.74) is 2.15. The van der Waals surface area contributed by atoms with E-state index < -0.39 is 0 Å². The monoisotopic (exact) mass is 175 g/mol. The van der Waals surface area contributed by atoms with Crippen LogP contribution in [0.15, 0.2) is 24.8 Å². The summed E-state index contributed by atoms with van der Waals surface area (Å²) in [5.74, 6) is 1.12. The molecule has 0 aromatic heterocycles. The summed E-state index contributed by atoms with van der Waals surface area (Å²) in [6, 6.07) is 6.01. The Morgan fingerprint density at radius 3 is 2.62 bits per heavy atom. The number of para-hydroxylation sites is 1. The summed E-state index contributed by atoms with van der Waals surface area (Å²) in [6.07, 6.45) is 1.80. The van der Waals surface area contributed by atoms with Crippen molar-refractivity contribution in [2.45, 2.75) is 12.8 Å². The Labute approximate surface area is 80.0 Å². The molecule has 1 aromatic rings. The van der Waals surface area contributed by atoms with Gasteiger partial charge in [0, 0.05) is 5.56 Å². The van der Waals surface area contributed by atoms with Crippen LogP contribution in [0.5, 0.6) is 5.75 Å². The average molecular weight is 175 g/mol. The molecule has 1 nitrogen and oxygen atoms in total. The third-order valence-corrected chi connectivity index (χ3v) is 2.03. The molecule has 0 heterocycles. The van der Waals surface area contributed by atoms with Gasteiger partial charge in [0.05, 0.1) is 7.11 Å². The molecule has 1 heteroatoms. The zero-order valence-corrected chi connectivity index (χ0v) is 8.21. The van der Waals surface area contributed by atoms with Crippen LogP contribution in [-0.4, -0.2) is 7.11 Å². The second-order valence-corrected chi connectivity index (χ2v) is 3.07. The SMILES string of the molecule is [CH2]C(C)c1cccc(C=C)c1OC. The number of rotatable bonds is 3. The summed E-state index contributed by atoms with van der Waals surface area (Å²) in [5, 5.41) is 0. The van der Waals surface area contributed by atoms with E-state index in [0.29, 0.717) is 0 Å². The number of methoxy groups -OCH3 is 1. The maximum absolute atomic E-state index is 5.32. The van der Waals surface area contributed by atoms with Gasteiger partial charge in [-0.05, 0) is 18.4 Å². The number of ether oxygens (including phenoxy) is 1. The van der Waals surface area contributed by atoms with Gasteiger partial charge >= 0.3 is 0 Å². The smallest absolute Gasteiger partial charge is 0.129 e. The molecule has 1 unspecified atom stereocenters. The first-order chi connectivity index (χ1) is 6.20. The lowest BCUT2D eigenvalue weighted by atomic mass is 9.99. The van der Waals surface area contributed by atoms with E-state index in [4.69, 9.17) is 4.74 Å². The molecule has 1 atom stereocenters. The van der Waals surface area contributed by atoms with Gasteiger partial charge in [-0.25, -0.2) is 0 Å². The fourth-order valence-electron chi connectivity index (χ4n) is 1.36. The third-order valence-electron chi connectivity index (χ3n) is 2.03. The molecule has 0 aliphatic heterocycles. The Hall–Kier alpha value is -1.24. The normalized spacial score (nSPS) is 10.2. The summed E-state index contributed by atoms with van der Waals surface area (Å²) < 4.78 is 5.32. The Bertz CT molecular complexity index is 300. The van der Waals surface area contributed by atoms with Gasteiger partial charge in [-0.3, -0.25) is 0 Å². The van der Waals surface area contributed by atoms with E-state index in [-0.39, 0.29) is 5.92 Å². The molecule has 0 saturated heterocycles. The predicted molar refractivity (Wildman–Crippen MR) is 56.9 cm³/mol. The molecule has 69 valence electrons. The van der Waals surface area contributed by atoms with Crippen LogP contribution in [0.3, 0.4) is 0 Å². The van der Waals surface area contributed by atoms with E-state index in [1.165, 1.54) is 0 Å². The first-order valence-corrected chi connectivity index (χ1v) is 4.33. The quantitative estimate of drug-likeness (QED) is 0.685. The molecular weight excluding hydrogens is 160 g/mol. The van der Waals surface area contributed by atoms with Gasteiger partial charge in [-0.2, -0.15) is 0 Å². The molecule has 0 aliphatic rings. The molecule has 0 amide bonds. The summed E-state index contributed by atoms with van der Waals surface area (Å²) in [4.78, 5) is 0. The lowest BCUT2D eigenvalue weighted by Crippen LogP contribution is -1.96. The van der Waals surface area contributed by atoms with Crippen molar-refractivity contribution in [3.8, 4) is 5.75 Å². The van der Waals surface area contributed by atoms with Gasteiger partial charge in [0.25, 0.3) is 0 Å². The molecule has 1 rings (SSSR count). The fraction of sp³-hybridized carbons (Fsp3) is 0.250. The van der Waals surface area contributed by atoms with Gasteiger partial charge in [0.15, 0.2) is 0 Å². The Morgan fingerprint density at radius 2 is 2.15 bits per heavy atom. The van der Waals surface area contributed by atoms with Crippen molar-refractivity contribution < 1.29 is 4.74 Å². The van der Waals surface area contributed by atoms with Crippen LogP contribution < -0.4 is 4.74 Å². The molecular formula is C12H15O. The topological polar surface area (TPSA) is 9.23 Å². The summed E-state index contributed by atoms with van der Waals surface area (Å²) in [6.45, 7) is 9.76. The second kappa shape index (κ2) is 4.13. The highest BCUT2D eigenvalue weighted by Crippen LogP contribution is 2.30. The molecule has 0 aliphatic carbocycles. The first kappa shape index (κ1) is 9.85. The maximum Gasteiger partial charge on any atom is 0.129 e. The van der Waals surface area contributed by atoms with Crippen LogP contribution in [0.1, 0.15) is 24.0 Å². The highest BCUT2D eigenvalue weighted by Gasteiger charge is 2.09. The van der Waals surface area contributed by atoms with Gasteiger partial charge in [-0.1, -0.05) is 37.8 Å². The Kier molecular flexibility index (Phi) is 3.13. The highest BCUT2D eigenvalue weighted by atomic mass is 16.5. The predicted octanol–water partition coefficient (Wildman–Crippen LogP) is 3.28.